The summed E-state index contributed by atoms with van der Waals surface area (Å²) in [6.45, 7) is 4.54. The highest BCUT2D eigenvalue weighted by Gasteiger charge is 2.24. The van der Waals surface area contributed by atoms with Gasteiger partial charge in [-0.05, 0) is 22.3 Å². The molecule has 0 aliphatic rings. The number of H-pyrrole nitrogens is 1. The molecule has 3 N–H and O–H groups in total. The average Bonchev–Trinajstić information content (AvgIpc) is 2.73. The van der Waals surface area contributed by atoms with Crippen molar-refractivity contribution in [3.63, 3.8) is 0 Å². The minimum Gasteiger partial charge on any atom is -0.383 e. The molecular weight excluding hydrogens is 396 g/mol. The number of aromatic amines is 1. The van der Waals surface area contributed by atoms with Crippen LogP contribution in [0.5, 0.6) is 0 Å². The van der Waals surface area contributed by atoms with Gasteiger partial charge in [-0.2, -0.15) is 0 Å². The number of amides is 1. The summed E-state index contributed by atoms with van der Waals surface area (Å²) in [4.78, 5) is 41.8. The number of nitrogens with two attached hydrogens (primary N) is 1. The van der Waals surface area contributed by atoms with E-state index >= 15 is 0 Å². The number of nitrogen functional groups attached to an aromatic ring is 1. The Balaban J connectivity index is 2.00. The largest absolute Gasteiger partial charge is 0.383 e. The van der Waals surface area contributed by atoms with Gasteiger partial charge in [0.05, 0.1) is 13.0 Å². The number of carbonyl (C=O) groups excluding carboxylic acids is 1. The molecule has 3 aromatic rings. The van der Waals surface area contributed by atoms with Crippen LogP contribution in [0.3, 0.4) is 0 Å². The first kappa shape index (κ1) is 22.3. The molecule has 0 fully saturated rings. The zero-order chi connectivity index (χ0) is 22.5. The molecule has 0 saturated heterocycles. The van der Waals surface area contributed by atoms with Gasteiger partial charge in [0.15, 0.2) is 5.69 Å². The Morgan fingerprint density at radius 2 is 1.87 bits per heavy atom. The minimum absolute atomic E-state index is 0.0228. The summed E-state index contributed by atoms with van der Waals surface area (Å²) < 4.78 is 6.43. The van der Waals surface area contributed by atoms with Crippen LogP contribution in [-0.4, -0.2) is 35.7 Å². The maximum Gasteiger partial charge on any atom is 0.330 e. The number of nitrogens with one attached hydrogen (secondary N) is 1. The second-order valence-electron chi connectivity index (χ2n) is 7.89. The van der Waals surface area contributed by atoms with Gasteiger partial charge in [-0.3, -0.25) is 19.1 Å². The topological polar surface area (TPSA) is 110 Å². The molecule has 0 bridgehead atoms. The number of carbonyl (C=O) groups is 1. The normalized spacial score (nSPS) is 11.2. The molecule has 0 unspecified atom stereocenters. The van der Waals surface area contributed by atoms with Crippen molar-refractivity contribution in [2.24, 2.45) is 5.92 Å². The molecule has 1 amide bonds. The third-order valence-electron chi connectivity index (χ3n) is 5.02. The molecule has 1 heterocycles. The number of anilines is 2. The summed E-state index contributed by atoms with van der Waals surface area (Å²) in [5, 5.41) is 2.11. The second-order valence-corrected chi connectivity index (χ2v) is 7.89. The zero-order valence-electron chi connectivity index (χ0n) is 18.1. The monoisotopic (exact) mass is 424 g/mol. The van der Waals surface area contributed by atoms with Gasteiger partial charge < -0.3 is 15.4 Å². The maximum atomic E-state index is 13.3. The van der Waals surface area contributed by atoms with Crippen molar-refractivity contribution in [1.82, 2.24) is 9.55 Å². The van der Waals surface area contributed by atoms with E-state index in [9.17, 15) is 14.4 Å². The number of methoxy groups -OCH3 is 1. The molecule has 31 heavy (non-hydrogen) atoms. The number of aromatic nitrogens is 2. The van der Waals surface area contributed by atoms with E-state index < -0.39 is 11.2 Å². The van der Waals surface area contributed by atoms with Gasteiger partial charge in [-0.15, -0.1) is 0 Å². The molecular formula is C23H28N4O4. The Bertz CT molecular complexity index is 1200. The van der Waals surface area contributed by atoms with E-state index in [0.29, 0.717) is 6.54 Å². The lowest BCUT2D eigenvalue weighted by Crippen LogP contribution is -2.43. The van der Waals surface area contributed by atoms with Gasteiger partial charge in [0.1, 0.15) is 5.82 Å². The highest BCUT2D eigenvalue weighted by atomic mass is 16.5. The average molecular weight is 425 g/mol. The van der Waals surface area contributed by atoms with E-state index in [4.69, 9.17) is 10.5 Å². The quantitative estimate of drug-likeness (QED) is 0.576. The maximum absolute atomic E-state index is 13.3. The van der Waals surface area contributed by atoms with Crippen molar-refractivity contribution in [2.75, 3.05) is 30.9 Å². The van der Waals surface area contributed by atoms with Gasteiger partial charge in [0.25, 0.3) is 5.56 Å². The van der Waals surface area contributed by atoms with Crippen LogP contribution in [0.2, 0.25) is 0 Å². The van der Waals surface area contributed by atoms with Crippen LogP contribution in [0.25, 0.3) is 10.8 Å². The Morgan fingerprint density at radius 1 is 1.16 bits per heavy atom. The van der Waals surface area contributed by atoms with Crippen LogP contribution in [0.15, 0.2) is 52.1 Å². The summed E-state index contributed by atoms with van der Waals surface area (Å²) in [5.41, 5.74) is 5.73. The van der Waals surface area contributed by atoms with Crippen LogP contribution in [0.4, 0.5) is 11.5 Å². The predicted octanol–water partition coefficient (Wildman–Crippen LogP) is 2.15. The van der Waals surface area contributed by atoms with Crippen molar-refractivity contribution in [2.45, 2.75) is 26.8 Å². The Hall–Kier alpha value is -3.39. The molecule has 164 valence electrons. The summed E-state index contributed by atoms with van der Waals surface area (Å²) >= 11 is 0. The fourth-order valence-electron chi connectivity index (χ4n) is 3.55. The number of ether oxygens (including phenoxy) is 1. The second kappa shape index (κ2) is 9.61. The lowest BCUT2D eigenvalue weighted by atomic mass is 10.0. The molecule has 0 saturated carbocycles. The minimum atomic E-state index is -0.689. The first-order chi connectivity index (χ1) is 14.8. The smallest absolute Gasteiger partial charge is 0.330 e. The predicted molar refractivity (Wildman–Crippen MR) is 122 cm³/mol. The molecule has 0 aliphatic heterocycles. The highest BCUT2D eigenvalue weighted by molar-refractivity contribution is 5.97. The fraction of sp³-hybridized carbons (Fsp3) is 0.348. The first-order valence-corrected chi connectivity index (χ1v) is 10.2. The number of rotatable bonds is 8. The van der Waals surface area contributed by atoms with E-state index in [1.54, 1.807) is 0 Å². The number of nitrogens with zero attached hydrogens (tertiary/aromatic N) is 2. The standard InChI is InChI=1S/C23H28N4O4/c1-15(2)14-27-21(24)20(22(29)25-23(27)30)26(10-11-31-3)19(28)13-16-8-9-17-6-4-5-7-18(17)12-16/h4-9,12,15H,10-11,13-14,24H2,1-3H3,(H,25,29,30). The number of fused-ring (bicyclic) bond motifs is 1. The number of hydrogen-bond acceptors (Lipinski definition) is 5. The van der Waals surface area contributed by atoms with Crippen molar-refractivity contribution >= 4 is 28.2 Å². The zero-order valence-corrected chi connectivity index (χ0v) is 18.1. The Morgan fingerprint density at radius 3 is 2.55 bits per heavy atom. The third kappa shape index (κ3) is 5.03. The highest BCUT2D eigenvalue weighted by Crippen LogP contribution is 2.21. The molecule has 0 radical (unpaired) electrons. The lowest BCUT2D eigenvalue weighted by molar-refractivity contribution is -0.118. The van der Waals surface area contributed by atoms with Crippen molar-refractivity contribution in [3.05, 3.63) is 68.9 Å². The lowest BCUT2D eigenvalue weighted by Gasteiger charge is -2.25. The molecule has 0 atom stereocenters. The van der Waals surface area contributed by atoms with Gasteiger partial charge in [0, 0.05) is 20.2 Å². The van der Waals surface area contributed by atoms with Gasteiger partial charge in [-0.1, -0.05) is 56.3 Å². The van der Waals surface area contributed by atoms with Crippen LogP contribution in [-0.2, 0) is 22.5 Å². The molecule has 2 aromatic carbocycles. The number of benzene rings is 2. The van der Waals surface area contributed by atoms with Crippen LogP contribution < -0.4 is 21.9 Å². The summed E-state index contributed by atoms with van der Waals surface area (Å²) in [7, 11) is 1.51. The summed E-state index contributed by atoms with van der Waals surface area (Å²) in [6.07, 6.45) is 0.0801. The Labute approximate surface area is 180 Å². The molecule has 8 heteroatoms. The van der Waals surface area contributed by atoms with Gasteiger partial charge >= 0.3 is 5.69 Å². The van der Waals surface area contributed by atoms with Gasteiger partial charge in [0.2, 0.25) is 5.91 Å². The SMILES string of the molecule is COCCN(C(=O)Cc1ccc2ccccc2c1)c1c(N)n(CC(C)C)c(=O)[nH]c1=O. The van der Waals surface area contributed by atoms with Crippen LogP contribution in [0.1, 0.15) is 19.4 Å². The molecule has 0 aliphatic carbocycles. The van der Waals surface area contributed by atoms with E-state index in [1.807, 2.05) is 56.3 Å². The van der Waals surface area contributed by atoms with E-state index in [-0.39, 0.29) is 42.9 Å². The number of hydrogen-bond donors (Lipinski definition) is 2. The van der Waals surface area contributed by atoms with Crippen molar-refractivity contribution < 1.29 is 9.53 Å². The van der Waals surface area contributed by atoms with E-state index in [0.717, 1.165) is 16.3 Å². The van der Waals surface area contributed by atoms with E-state index in [2.05, 4.69) is 4.98 Å². The van der Waals surface area contributed by atoms with Crippen molar-refractivity contribution in [3.8, 4) is 0 Å². The molecule has 3 rings (SSSR count). The van der Waals surface area contributed by atoms with Crippen LogP contribution >= 0.6 is 0 Å². The van der Waals surface area contributed by atoms with Crippen LogP contribution in [0, 0.1) is 5.92 Å². The van der Waals surface area contributed by atoms with Crippen molar-refractivity contribution in [1.29, 1.82) is 0 Å². The molecule has 0 spiro atoms. The Kier molecular flexibility index (Phi) is 6.91. The van der Waals surface area contributed by atoms with Gasteiger partial charge in [-0.25, -0.2) is 4.79 Å². The fourth-order valence-corrected chi connectivity index (χ4v) is 3.55. The first-order valence-electron chi connectivity index (χ1n) is 10.2. The summed E-state index contributed by atoms with van der Waals surface area (Å²) in [5.74, 6) is -0.204. The summed E-state index contributed by atoms with van der Waals surface area (Å²) in [6, 6.07) is 13.7. The third-order valence-corrected chi connectivity index (χ3v) is 5.02. The van der Waals surface area contributed by atoms with E-state index in [1.165, 1.54) is 16.6 Å². The molecule has 1 aromatic heterocycles. The molecule has 8 nitrogen and oxygen atoms in total.